The fourth-order valence-electron chi connectivity index (χ4n) is 2.03. The summed E-state index contributed by atoms with van der Waals surface area (Å²) in [7, 11) is 0. The van der Waals surface area contributed by atoms with E-state index in [1.165, 1.54) is 12.4 Å². The van der Waals surface area contributed by atoms with Crippen LogP contribution >= 0.6 is 0 Å². The Morgan fingerprint density at radius 2 is 1.87 bits per heavy atom. The molecule has 118 valence electrons. The van der Waals surface area contributed by atoms with Crippen LogP contribution in [0, 0.1) is 11.6 Å². The van der Waals surface area contributed by atoms with Gasteiger partial charge in [-0.1, -0.05) is 6.07 Å². The van der Waals surface area contributed by atoms with E-state index in [4.69, 9.17) is 4.74 Å². The van der Waals surface area contributed by atoms with Gasteiger partial charge in [0.05, 0.1) is 5.69 Å². The van der Waals surface area contributed by atoms with Crippen molar-refractivity contribution >= 4 is 0 Å². The molecule has 1 unspecified atom stereocenters. The monoisotopic (exact) mass is 317 g/mol. The molecule has 0 aliphatic rings. The number of rotatable bonds is 5. The van der Waals surface area contributed by atoms with Crippen LogP contribution in [0.4, 0.5) is 8.78 Å². The van der Waals surface area contributed by atoms with Gasteiger partial charge in [0.15, 0.2) is 11.6 Å². The molecule has 3 aromatic rings. The molecule has 0 spiro atoms. The minimum Gasteiger partial charge on any atom is -0.491 e. The number of benzene rings is 2. The molecule has 23 heavy (non-hydrogen) atoms. The van der Waals surface area contributed by atoms with Gasteiger partial charge in [0.2, 0.25) is 0 Å². The fourth-order valence-corrected chi connectivity index (χ4v) is 2.03. The Morgan fingerprint density at radius 3 is 2.52 bits per heavy atom. The smallest absolute Gasteiger partial charge is 0.159 e. The molecule has 0 amide bonds. The Morgan fingerprint density at radius 1 is 1.09 bits per heavy atom. The molecule has 5 nitrogen and oxygen atoms in total. The first-order chi connectivity index (χ1) is 11.1. The summed E-state index contributed by atoms with van der Waals surface area (Å²) in [4.78, 5) is 3.86. The summed E-state index contributed by atoms with van der Waals surface area (Å²) in [5.41, 5.74) is 1.07. The molecule has 0 aliphatic heterocycles. The molecular formula is C16H13F2N3O2. The summed E-state index contributed by atoms with van der Waals surface area (Å²) in [6.07, 6.45) is 1.95. The molecule has 7 heteroatoms. The Balaban J connectivity index is 1.62. The van der Waals surface area contributed by atoms with Crippen molar-refractivity contribution in [2.75, 3.05) is 6.61 Å². The molecule has 0 fully saturated rings. The molecule has 0 aliphatic carbocycles. The van der Waals surface area contributed by atoms with Crippen LogP contribution in [0.25, 0.3) is 5.69 Å². The van der Waals surface area contributed by atoms with E-state index in [1.54, 1.807) is 35.3 Å². The van der Waals surface area contributed by atoms with E-state index in [9.17, 15) is 13.9 Å². The maximum absolute atomic E-state index is 13.1. The zero-order valence-electron chi connectivity index (χ0n) is 11.9. The third kappa shape index (κ3) is 3.51. The standard InChI is InChI=1S/C16H13F2N3O2/c17-14-6-1-11(7-15(14)18)16(22)8-23-13-4-2-12(3-5-13)21-10-19-9-20-21/h1-7,9-10,16,22H,8H2. The van der Waals surface area contributed by atoms with Gasteiger partial charge in [-0.15, -0.1) is 0 Å². The minimum absolute atomic E-state index is 0.0757. The topological polar surface area (TPSA) is 60.2 Å². The zero-order valence-corrected chi connectivity index (χ0v) is 11.9. The maximum Gasteiger partial charge on any atom is 0.159 e. The average molecular weight is 317 g/mol. The van der Waals surface area contributed by atoms with Gasteiger partial charge >= 0.3 is 0 Å². The van der Waals surface area contributed by atoms with Crippen LogP contribution in [0.15, 0.2) is 55.1 Å². The van der Waals surface area contributed by atoms with Crippen molar-refractivity contribution in [1.82, 2.24) is 14.8 Å². The second-order valence-corrected chi connectivity index (χ2v) is 4.83. The average Bonchev–Trinajstić information content (AvgIpc) is 3.10. The fraction of sp³-hybridized carbons (Fsp3) is 0.125. The van der Waals surface area contributed by atoms with E-state index in [0.29, 0.717) is 5.75 Å². The van der Waals surface area contributed by atoms with Gasteiger partial charge in [-0.05, 0) is 42.0 Å². The van der Waals surface area contributed by atoms with Gasteiger partial charge in [0.1, 0.15) is 31.1 Å². The minimum atomic E-state index is -1.06. The first-order valence-electron chi connectivity index (χ1n) is 6.84. The van der Waals surface area contributed by atoms with E-state index in [-0.39, 0.29) is 12.2 Å². The van der Waals surface area contributed by atoms with E-state index in [2.05, 4.69) is 10.1 Å². The Kier molecular flexibility index (Phi) is 4.29. The summed E-state index contributed by atoms with van der Waals surface area (Å²) in [5, 5.41) is 14.0. The lowest BCUT2D eigenvalue weighted by Gasteiger charge is -2.13. The van der Waals surface area contributed by atoms with Crippen molar-refractivity contribution < 1.29 is 18.6 Å². The number of aliphatic hydroxyl groups excluding tert-OH is 1. The number of halogens is 2. The van der Waals surface area contributed by atoms with Crippen LogP contribution in [0.1, 0.15) is 11.7 Å². The van der Waals surface area contributed by atoms with Crippen molar-refractivity contribution in [2.45, 2.75) is 6.10 Å². The van der Waals surface area contributed by atoms with Crippen molar-refractivity contribution in [3.05, 3.63) is 72.3 Å². The highest BCUT2D eigenvalue weighted by molar-refractivity contribution is 5.36. The van der Waals surface area contributed by atoms with Crippen LogP contribution in [-0.2, 0) is 0 Å². The van der Waals surface area contributed by atoms with Crippen molar-refractivity contribution in [1.29, 1.82) is 0 Å². The number of hydrogen-bond acceptors (Lipinski definition) is 4. The van der Waals surface area contributed by atoms with Gasteiger partial charge in [0.25, 0.3) is 0 Å². The number of aliphatic hydroxyl groups is 1. The first kappa shape index (κ1) is 15.1. The Labute approximate surface area is 130 Å². The summed E-state index contributed by atoms with van der Waals surface area (Å²) in [6.45, 7) is -0.0757. The molecular weight excluding hydrogens is 304 g/mol. The normalized spacial score (nSPS) is 12.1. The second-order valence-electron chi connectivity index (χ2n) is 4.83. The third-order valence-corrected chi connectivity index (χ3v) is 3.26. The van der Waals surface area contributed by atoms with Crippen LogP contribution in [0.2, 0.25) is 0 Å². The van der Waals surface area contributed by atoms with E-state index in [0.717, 1.165) is 17.8 Å². The quantitative estimate of drug-likeness (QED) is 0.786. The molecule has 0 radical (unpaired) electrons. The lowest BCUT2D eigenvalue weighted by Crippen LogP contribution is -2.10. The molecule has 1 N–H and O–H groups in total. The van der Waals surface area contributed by atoms with Gasteiger partial charge < -0.3 is 9.84 Å². The molecule has 0 saturated heterocycles. The van der Waals surface area contributed by atoms with E-state index < -0.39 is 17.7 Å². The Bertz CT molecular complexity index is 777. The van der Waals surface area contributed by atoms with Gasteiger partial charge in [-0.2, -0.15) is 5.10 Å². The molecule has 3 rings (SSSR count). The molecule has 1 heterocycles. The lowest BCUT2D eigenvalue weighted by atomic mass is 10.1. The largest absolute Gasteiger partial charge is 0.491 e. The summed E-state index contributed by atoms with van der Waals surface area (Å²) in [5.74, 6) is -1.42. The van der Waals surface area contributed by atoms with Gasteiger partial charge in [0, 0.05) is 0 Å². The van der Waals surface area contributed by atoms with Gasteiger partial charge in [-0.3, -0.25) is 0 Å². The van der Waals surface area contributed by atoms with Crippen LogP contribution in [0.5, 0.6) is 5.75 Å². The summed E-state index contributed by atoms with van der Waals surface area (Å²) >= 11 is 0. The molecule has 0 saturated carbocycles. The Hall–Kier alpha value is -2.80. The predicted octanol–water partition coefficient (Wildman–Crippen LogP) is 2.66. The lowest BCUT2D eigenvalue weighted by molar-refractivity contribution is 0.108. The zero-order chi connectivity index (χ0) is 16.2. The summed E-state index contributed by atoms with van der Waals surface area (Å²) < 4.78 is 33.1. The molecule has 2 aromatic carbocycles. The second kappa shape index (κ2) is 6.53. The van der Waals surface area contributed by atoms with Crippen molar-refractivity contribution in [3.63, 3.8) is 0 Å². The number of ether oxygens (including phenoxy) is 1. The SMILES string of the molecule is OC(COc1ccc(-n2cncn2)cc1)c1ccc(F)c(F)c1. The predicted molar refractivity (Wildman–Crippen MR) is 78.2 cm³/mol. The molecule has 0 bridgehead atoms. The van der Waals surface area contributed by atoms with Crippen molar-refractivity contribution in [2.24, 2.45) is 0 Å². The van der Waals surface area contributed by atoms with Crippen LogP contribution in [0.3, 0.4) is 0 Å². The van der Waals surface area contributed by atoms with Crippen molar-refractivity contribution in [3.8, 4) is 11.4 Å². The van der Waals surface area contributed by atoms with E-state index in [1.807, 2.05) is 0 Å². The highest BCUT2D eigenvalue weighted by atomic mass is 19.2. The van der Waals surface area contributed by atoms with Gasteiger partial charge in [-0.25, -0.2) is 18.4 Å². The highest BCUT2D eigenvalue weighted by Crippen LogP contribution is 2.19. The maximum atomic E-state index is 13.1. The number of nitrogens with zero attached hydrogens (tertiary/aromatic N) is 3. The van der Waals surface area contributed by atoms with Crippen LogP contribution < -0.4 is 4.74 Å². The molecule has 1 atom stereocenters. The third-order valence-electron chi connectivity index (χ3n) is 3.26. The highest BCUT2D eigenvalue weighted by Gasteiger charge is 2.12. The van der Waals surface area contributed by atoms with E-state index >= 15 is 0 Å². The molecule has 1 aromatic heterocycles. The number of hydrogen-bond donors (Lipinski definition) is 1. The summed E-state index contributed by atoms with van der Waals surface area (Å²) in [6, 6.07) is 10.3. The first-order valence-corrected chi connectivity index (χ1v) is 6.84. The van der Waals surface area contributed by atoms with Crippen LogP contribution in [-0.4, -0.2) is 26.5 Å². The number of aromatic nitrogens is 3.